The third-order valence-electron chi connectivity index (χ3n) is 1.03. The second-order valence-electron chi connectivity index (χ2n) is 1.64. The van der Waals surface area contributed by atoms with Gasteiger partial charge in [-0.1, -0.05) is 30.3 Å². The van der Waals surface area contributed by atoms with Gasteiger partial charge in [-0.15, -0.1) is 0 Å². The van der Waals surface area contributed by atoms with Crippen LogP contribution in [-0.2, 0) is 6.61 Å². The monoisotopic (exact) mass is 338 g/mol. The molecular weight excluding hydrogens is 325 g/mol. The first kappa shape index (κ1) is 14.7. The van der Waals surface area contributed by atoms with Crippen molar-refractivity contribution in [2.24, 2.45) is 0 Å². The molecule has 1 rings (SSSR count). The van der Waals surface area contributed by atoms with Crippen molar-refractivity contribution in [2.75, 3.05) is 0 Å². The fraction of sp³-hybridized carbons (Fsp3) is 0.143. The predicted molar refractivity (Wildman–Crippen MR) is 49.5 cm³/mol. The zero-order valence-electron chi connectivity index (χ0n) is 4.54. The normalized spacial score (nSPS) is 7.30. The molecule has 0 heterocycles. The van der Waals surface area contributed by atoms with Gasteiger partial charge in [0.15, 0.2) is 0 Å². The van der Waals surface area contributed by atoms with E-state index in [0.717, 1.165) is 5.56 Å². The molecule has 0 bridgehead atoms. The molecule has 1 aromatic rings. The van der Waals surface area contributed by atoms with Gasteiger partial charge in [0.05, 0.1) is 6.61 Å². The number of aliphatic hydroxyl groups excluding tert-OH is 1. The second kappa shape index (κ2) is 9.32. The average molecular weight is 337 g/mol. The van der Waals surface area contributed by atoms with Crippen LogP contribution in [0.25, 0.3) is 0 Å². The average Bonchev–Trinajstić information content (AvgIpc) is 1.90. The van der Waals surface area contributed by atoms with Crippen LogP contribution < -0.4 is 0 Å². The van der Waals surface area contributed by atoms with E-state index in [2.05, 4.69) is 0 Å². The van der Waals surface area contributed by atoms with Gasteiger partial charge in [0.25, 0.3) is 0 Å². The van der Waals surface area contributed by atoms with E-state index in [-0.39, 0.29) is 101 Å². The number of benzene rings is 1. The van der Waals surface area contributed by atoms with E-state index in [4.69, 9.17) is 5.11 Å². The Labute approximate surface area is 139 Å². The van der Waals surface area contributed by atoms with Crippen LogP contribution in [0.1, 0.15) is 5.56 Å². The Morgan fingerprint density at radius 1 is 1.10 bits per heavy atom. The minimum absolute atomic E-state index is 0. The molecule has 1 aromatic carbocycles. The molecule has 0 saturated carbocycles. The summed E-state index contributed by atoms with van der Waals surface area (Å²) >= 11 is 0. The van der Waals surface area contributed by atoms with Gasteiger partial charge in [-0.3, -0.25) is 0 Å². The van der Waals surface area contributed by atoms with Gasteiger partial charge in [0.2, 0.25) is 0 Å². The van der Waals surface area contributed by atoms with Crippen LogP contribution in [0.4, 0.5) is 0 Å². The SMILES string of the molecule is OCc1ccccc1.[BaH2].[SrH2]. The molecule has 0 unspecified atom stereocenters. The third kappa shape index (κ3) is 5.83. The van der Waals surface area contributed by atoms with Crippen molar-refractivity contribution in [2.45, 2.75) is 6.61 Å². The van der Waals surface area contributed by atoms with Gasteiger partial charge < -0.3 is 5.11 Å². The summed E-state index contributed by atoms with van der Waals surface area (Å²) < 4.78 is 0. The van der Waals surface area contributed by atoms with Crippen molar-refractivity contribution in [1.29, 1.82) is 0 Å². The van der Waals surface area contributed by atoms with E-state index in [9.17, 15) is 0 Å². The topological polar surface area (TPSA) is 20.2 Å². The van der Waals surface area contributed by atoms with Crippen molar-refractivity contribution in [3.63, 3.8) is 0 Å². The van der Waals surface area contributed by atoms with Gasteiger partial charge in [0.1, 0.15) is 0 Å². The summed E-state index contributed by atoms with van der Waals surface area (Å²) in [5.74, 6) is 0. The van der Waals surface area contributed by atoms with E-state index < -0.39 is 0 Å². The van der Waals surface area contributed by atoms with Crippen LogP contribution in [0.2, 0.25) is 0 Å². The van der Waals surface area contributed by atoms with E-state index in [1.54, 1.807) is 0 Å². The van der Waals surface area contributed by atoms with Crippen molar-refractivity contribution in [3.05, 3.63) is 35.9 Å². The third-order valence-corrected chi connectivity index (χ3v) is 1.03. The number of rotatable bonds is 1. The van der Waals surface area contributed by atoms with Crippen LogP contribution in [0.15, 0.2) is 30.3 Å². The molecule has 0 spiro atoms. The molecule has 0 radical (unpaired) electrons. The summed E-state index contributed by atoms with van der Waals surface area (Å²) in [7, 11) is 0. The van der Waals surface area contributed by atoms with Crippen LogP contribution >= 0.6 is 0 Å². The van der Waals surface area contributed by atoms with Crippen LogP contribution in [0.3, 0.4) is 0 Å². The summed E-state index contributed by atoms with van der Waals surface area (Å²) in [4.78, 5) is 0. The molecule has 3 heteroatoms. The molecule has 0 amide bonds. The van der Waals surface area contributed by atoms with Crippen molar-refractivity contribution >= 4 is 94.4 Å². The summed E-state index contributed by atoms with van der Waals surface area (Å²) in [5, 5.41) is 8.54. The number of hydrogen-bond donors (Lipinski definition) is 1. The first-order chi connectivity index (χ1) is 3.93. The quantitative estimate of drug-likeness (QED) is 0.676. The zero-order valence-corrected chi connectivity index (χ0v) is 4.54. The number of aliphatic hydroxyl groups is 1. The molecule has 50 valence electrons. The standard InChI is InChI=1S/C7H8O.Ba.Sr.4H/c8-6-7-4-2-1-3-5-7;;;;;;/h1-5,8H,6H2;;;;;;. The Kier molecular flexibility index (Phi) is 13.7. The minimum atomic E-state index is 0. The molecule has 10 heavy (non-hydrogen) atoms. The molecule has 0 fully saturated rings. The van der Waals surface area contributed by atoms with Crippen LogP contribution in [-0.4, -0.2) is 99.5 Å². The number of hydrogen-bond acceptors (Lipinski definition) is 1. The Morgan fingerprint density at radius 2 is 1.60 bits per heavy atom. The van der Waals surface area contributed by atoms with Gasteiger partial charge in [-0.05, 0) is 5.56 Å². The first-order valence-electron chi connectivity index (χ1n) is 2.58. The molecular formula is C7H12BaOSr. The Bertz CT molecular complexity index is 155. The Balaban J connectivity index is 0. The maximum atomic E-state index is 8.54. The molecule has 0 aromatic heterocycles. The zero-order chi connectivity index (χ0) is 5.82. The summed E-state index contributed by atoms with van der Waals surface area (Å²) in [6, 6.07) is 9.52. The summed E-state index contributed by atoms with van der Waals surface area (Å²) in [6.45, 7) is 0.140. The van der Waals surface area contributed by atoms with E-state index in [0.29, 0.717) is 0 Å². The predicted octanol–water partition coefficient (Wildman–Crippen LogP) is -0.653. The van der Waals surface area contributed by atoms with Crippen molar-refractivity contribution in [3.8, 4) is 0 Å². The van der Waals surface area contributed by atoms with Gasteiger partial charge in [-0.25, -0.2) is 0 Å². The molecule has 0 saturated heterocycles. The fourth-order valence-electron chi connectivity index (χ4n) is 0.583. The van der Waals surface area contributed by atoms with Crippen molar-refractivity contribution < 1.29 is 5.11 Å². The molecule has 0 aliphatic rings. The van der Waals surface area contributed by atoms with E-state index in [1.807, 2.05) is 30.3 Å². The second-order valence-corrected chi connectivity index (χ2v) is 1.64. The molecule has 1 N–H and O–H groups in total. The van der Waals surface area contributed by atoms with Crippen LogP contribution in [0, 0.1) is 0 Å². The molecule has 0 aliphatic heterocycles. The Hall–Kier alpha value is 2.23. The summed E-state index contributed by atoms with van der Waals surface area (Å²) in [6.07, 6.45) is 0. The van der Waals surface area contributed by atoms with E-state index in [1.165, 1.54) is 0 Å². The first-order valence-corrected chi connectivity index (χ1v) is 2.58. The fourth-order valence-corrected chi connectivity index (χ4v) is 0.583. The maximum absolute atomic E-state index is 8.54. The Morgan fingerprint density at radius 3 is 1.90 bits per heavy atom. The van der Waals surface area contributed by atoms with Crippen molar-refractivity contribution in [1.82, 2.24) is 0 Å². The van der Waals surface area contributed by atoms with Gasteiger partial charge in [0, 0.05) is 0 Å². The molecule has 1 nitrogen and oxygen atoms in total. The molecule has 0 atom stereocenters. The molecule has 0 aliphatic carbocycles. The van der Waals surface area contributed by atoms with Gasteiger partial charge >= 0.3 is 94.4 Å². The van der Waals surface area contributed by atoms with Crippen LogP contribution in [0.5, 0.6) is 0 Å². The van der Waals surface area contributed by atoms with Gasteiger partial charge in [-0.2, -0.15) is 0 Å². The van der Waals surface area contributed by atoms with E-state index >= 15 is 0 Å². The summed E-state index contributed by atoms with van der Waals surface area (Å²) in [5.41, 5.74) is 0.965.